The molecule has 2 aromatic rings. The normalized spacial score (nSPS) is 16.6. The smallest absolute Gasteiger partial charge is 0.373 e. The molecule has 0 saturated carbocycles. The van der Waals surface area contributed by atoms with Crippen LogP contribution in [0.4, 0.5) is 22.9 Å². The minimum absolute atomic E-state index is 0.139. The minimum atomic E-state index is -1.27. The van der Waals surface area contributed by atoms with Gasteiger partial charge in [0, 0.05) is 18.2 Å². The number of fused-ring (bicyclic) bond motifs is 1. The van der Waals surface area contributed by atoms with Crippen molar-refractivity contribution in [2.24, 2.45) is 0 Å². The molecule has 0 aliphatic carbocycles. The molecule has 1 aromatic heterocycles. The summed E-state index contributed by atoms with van der Waals surface area (Å²) >= 11 is 0. The van der Waals surface area contributed by atoms with Crippen LogP contribution in [0.5, 0.6) is 0 Å². The first-order chi connectivity index (χ1) is 9.58. The van der Waals surface area contributed by atoms with E-state index in [1.807, 2.05) is 0 Å². The summed E-state index contributed by atoms with van der Waals surface area (Å²) in [6, 6.07) is 7.18. The van der Waals surface area contributed by atoms with Gasteiger partial charge in [0.2, 0.25) is 5.88 Å². The molecule has 9 nitrogen and oxygen atoms in total. The van der Waals surface area contributed by atoms with E-state index in [1.54, 1.807) is 12.1 Å². The van der Waals surface area contributed by atoms with Gasteiger partial charge in [-0.25, -0.2) is 4.90 Å². The van der Waals surface area contributed by atoms with Crippen LogP contribution in [-0.4, -0.2) is 16.1 Å². The van der Waals surface area contributed by atoms with Gasteiger partial charge in [-0.2, -0.15) is 0 Å². The Labute approximate surface area is 111 Å². The molecule has 1 aliphatic heterocycles. The molecule has 102 valence electrons. The quantitative estimate of drug-likeness (QED) is 0.675. The molecule has 20 heavy (non-hydrogen) atoms. The average molecular weight is 276 g/mol. The number of nitrogens with one attached hydrogen (secondary N) is 1. The standard InChI is InChI=1S/C11H8N4O5/c16-14(17)7-3-4-9-8(6-7)12-11(15(18)19)13(9)10-2-1-5-20-10/h1-6,11-12H. The molecule has 0 bridgehead atoms. The fraction of sp³-hybridized carbons (Fsp3) is 0.0909. The first-order valence-corrected chi connectivity index (χ1v) is 5.59. The van der Waals surface area contributed by atoms with Gasteiger partial charge in [-0.1, -0.05) is 0 Å². The van der Waals surface area contributed by atoms with Crippen LogP contribution in [0.25, 0.3) is 0 Å². The number of furan rings is 1. The lowest BCUT2D eigenvalue weighted by atomic mass is 10.2. The van der Waals surface area contributed by atoms with E-state index in [1.165, 1.54) is 29.4 Å². The average Bonchev–Trinajstić information content (AvgIpc) is 3.03. The van der Waals surface area contributed by atoms with Crippen molar-refractivity contribution in [1.29, 1.82) is 0 Å². The van der Waals surface area contributed by atoms with Crippen molar-refractivity contribution in [2.45, 2.75) is 6.29 Å². The Morgan fingerprint density at radius 2 is 2.05 bits per heavy atom. The maximum absolute atomic E-state index is 11.1. The summed E-state index contributed by atoms with van der Waals surface area (Å²) in [5.41, 5.74) is 0.629. The highest BCUT2D eigenvalue weighted by Crippen LogP contribution is 2.41. The topological polar surface area (TPSA) is 115 Å². The molecule has 0 amide bonds. The van der Waals surface area contributed by atoms with Crippen molar-refractivity contribution >= 4 is 22.9 Å². The number of hydrogen-bond donors (Lipinski definition) is 1. The van der Waals surface area contributed by atoms with Gasteiger partial charge in [-0.15, -0.1) is 0 Å². The molecule has 0 spiro atoms. The van der Waals surface area contributed by atoms with E-state index in [9.17, 15) is 20.2 Å². The Hall–Kier alpha value is -3.10. The van der Waals surface area contributed by atoms with Crippen LogP contribution in [0, 0.1) is 20.2 Å². The molecule has 2 heterocycles. The van der Waals surface area contributed by atoms with E-state index in [2.05, 4.69) is 5.32 Å². The first-order valence-electron chi connectivity index (χ1n) is 5.59. The first kappa shape index (κ1) is 12.0. The summed E-state index contributed by atoms with van der Waals surface area (Å²) in [7, 11) is 0. The number of nitrogens with zero attached hydrogens (tertiary/aromatic N) is 3. The number of rotatable bonds is 3. The van der Waals surface area contributed by atoms with Crippen molar-refractivity contribution in [1.82, 2.24) is 0 Å². The van der Waals surface area contributed by atoms with Gasteiger partial charge in [-0.3, -0.25) is 20.2 Å². The second-order valence-electron chi connectivity index (χ2n) is 4.08. The summed E-state index contributed by atoms with van der Waals surface area (Å²) in [5, 5.41) is 24.5. The van der Waals surface area contributed by atoms with Gasteiger partial charge in [0.1, 0.15) is 0 Å². The van der Waals surface area contributed by atoms with E-state index >= 15 is 0 Å². The SMILES string of the molecule is O=[N+]([O-])c1ccc2c(c1)NC([N+](=O)[O-])N2c1ccco1. The second-order valence-corrected chi connectivity index (χ2v) is 4.08. The summed E-state index contributed by atoms with van der Waals surface area (Å²) in [6.45, 7) is 0. The third-order valence-corrected chi connectivity index (χ3v) is 2.92. The maximum Gasteiger partial charge on any atom is 0.373 e. The highest BCUT2D eigenvalue weighted by molar-refractivity contribution is 5.82. The lowest BCUT2D eigenvalue weighted by Gasteiger charge is -2.16. The monoisotopic (exact) mass is 276 g/mol. The zero-order valence-electron chi connectivity index (χ0n) is 9.92. The molecule has 1 aromatic carbocycles. The Bertz CT molecular complexity index is 684. The van der Waals surface area contributed by atoms with Crippen LogP contribution >= 0.6 is 0 Å². The van der Waals surface area contributed by atoms with Gasteiger partial charge in [0.15, 0.2) is 0 Å². The molecular formula is C11H8N4O5. The fourth-order valence-electron chi connectivity index (χ4n) is 2.09. The van der Waals surface area contributed by atoms with Gasteiger partial charge < -0.3 is 9.73 Å². The zero-order valence-corrected chi connectivity index (χ0v) is 9.92. The largest absolute Gasteiger partial charge is 0.448 e. The van der Waals surface area contributed by atoms with Gasteiger partial charge in [0.25, 0.3) is 5.69 Å². The van der Waals surface area contributed by atoms with Crippen LogP contribution < -0.4 is 10.2 Å². The highest BCUT2D eigenvalue weighted by atomic mass is 16.6. The van der Waals surface area contributed by atoms with Crippen molar-refractivity contribution < 1.29 is 14.3 Å². The van der Waals surface area contributed by atoms with Crippen LogP contribution in [0.1, 0.15) is 0 Å². The highest BCUT2D eigenvalue weighted by Gasteiger charge is 2.40. The molecule has 1 N–H and O–H groups in total. The summed E-state index contributed by atoms with van der Waals surface area (Å²) in [5.74, 6) is 0.284. The third-order valence-electron chi connectivity index (χ3n) is 2.92. The van der Waals surface area contributed by atoms with E-state index < -0.39 is 16.1 Å². The molecule has 0 fully saturated rings. The van der Waals surface area contributed by atoms with E-state index in [0.717, 1.165) is 0 Å². The molecule has 9 heteroatoms. The van der Waals surface area contributed by atoms with Gasteiger partial charge >= 0.3 is 6.29 Å². The molecule has 1 unspecified atom stereocenters. The summed E-state index contributed by atoms with van der Waals surface area (Å²) in [4.78, 5) is 22.1. The van der Waals surface area contributed by atoms with Crippen molar-refractivity contribution in [3.8, 4) is 0 Å². The Kier molecular flexibility index (Phi) is 2.53. The van der Waals surface area contributed by atoms with Crippen LogP contribution in [0.3, 0.4) is 0 Å². The molecular weight excluding hydrogens is 268 g/mol. The zero-order chi connectivity index (χ0) is 14.3. The molecule has 3 rings (SSSR count). The van der Waals surface area contributed by atoms with E-state index in [0.29, 0.717) is 11.4 Å². The predicted molar refractivity (Wildman–Crippen MR) is 68.3 cm³/mol. The summed E-state index contributed by atoms with van der Waals surface area (Å²) < 4.78 is 5.18. The molecule has 0 saturated heterocycles. The minimum Gasteiger partial charge on any atom is -0.448 e. The molecule has 0 radical (unpaired) electrons. The van der Waals surface area contributed by atoms with Crippen LogP contribution in [-0.2, 0) is 0 Å². The number of nitro benzene ring substituents is 1. The third kappa shape index (κ3) is 1.72. The molecule has 1 atom stereocenters. The number of non-ortho nitro benzene ring substituents is 1. The fourth-order valence-corrected chi connectivity index (χ4v) is 2.09. The number of hydrogen-bond acceptors (Lipinski definition) is 7. The van der Waals surface area contributed by atoms with E-state index in [-0.39, 0.29) is 11.6 Å². The van der Waals surface area contributed by atoms with Gasteiger partial charge in [0.05, 0.1) is 27.5 Å². The number of benzene rings is 1. The number of anilines is 3. The lowest BCUT2D eigenvalue weighted by Crippen LogP contribution is -2.38. The van der Waals surface area contributed by atoms with Crippen LogP contribution in [0.2, 0.25) is 0 Å². The van der Waals surface area contributed by atoms with E-state index in [4.69, 9.17) is 4.42 Å². The van der Waals surface area contributed by atoms with Gasteiger partial charge in [-0.05, 0) is 12.1 Å². The Morgan fingerprint density at radius 3 is 2.65 bits per heavy atom. The van der Waals surface area contributed by atoms with Crippen molar-refractivity contribution in [3.63, 3.8) is 0 Å². The summed E-state index contributed by atoms with van der Waals surface area (Å²) in [6.07, 6.45) is 0.133. The Morgan fingerprint density at radius 1 is 1.25 bits per heavy atom. The number of nitro groups is 2. The Balaban J connectivity index is 2.10. The predicted octanol–water partition coefficient (Wildman–Crippen LogP) is 2.31. The second kappa shape index (κ2) is 4.23. The van der Waals surface area contributed by atoms with Crippen LogP contribution in [0.15, 0.2) is 41.0 Å². The van der Waals surface area contributed by atoms with Crippen molar-refractivity contribution in [2.75, 3.05) is 10.2 Å². The lowest BCUT2D eigenvalue weighted by molar-refractivity contribution is -0.511. The maximum atomic E-state index is 11.1. The molecule has 1 aliphatic rings. The van der Waals surface area contributed by atoms with Crippen molar-refractivity contribution in [3.05, 3.63) is 56.8 Å².